The van der Waals surface area contributed by atoms with Gasteiger partial charge >= 0.3 is 0 Å². The molecule has 0 saturated heterocycles. The predicted octanol–water partition coefficient (Wildman–Crippen LogP) is 6.48. The fourth-order valence-corrected chi connectivity index (χ4v) is 2.39. The van der Waals surface area contributed by atoms with Gasteiger partial charge in [-0.25, -0.2) is 0 Å². The molecule has 2 N–H and O–H groups in total. The minimum atomic E-state index is -0.0124. The molecule has 0 aliphatic heterocycles. The number of phenolic OH excluding ortho intramolecular Hbond substituents is 1. The second-order valence-electron chi connectivity index (χ2n) is 5.46. The molecule has 4 nitrogen and oxygen atoms in total. The summed E-state index contributed by atoms with van der Waals surface area (Å²) in [7, 11) is 1.63. The van der Waals surface area contributed by atoms with Gasteiger partial charge in [0.15, 0.2) is 0 Å². The molecule has 0 spiro atoms. The van der Waals surface area contributed by atoms with Crippen molar-refractivity contribution in [2.24, 2.45) is 0 Å². The summed E-state index contributed by atoms with van der Waals surface area (Å²) in [5.41, 5.74) is 3.68. The van der Waals surface area contributed by atoms with E-state index >= 15 is 0 Å². The van der Waals surface area contributed by atoms with Crippen LogP contribution in [0.3, 0.4) is 0 Å². The maximum absolute atomic E-state index is 11.5. The lowest BCUT2D eigenvalue weighted by Gasteiger charge is -2.14. The van der Waals surface area contributed by atoms with Gasteiger partial charge in [0.05, 0.1) is 6.42 Å². The summed E-state index contributed by atoms with van der Waals surface area (Å²) in [4.78, 5) is 11.5. The van der Waals surface area contributed by atoms with E-state index < -0.39 is 0 Å². The van der Waals surface area contributed by atoms with Crippen LogP contribution in [0, 0.1) is 20.8 Å². The van der Waals surface area contributed by atoms with E-state index in [0.717, 1.165) is 28.0 Å². The predicted molar refractivity (Wildman–Crippen MR) is 121 cm³/mol. The van der Waals surface area contributed by atoms with Gasteiger partial charge in [-0.1, -0.05) is 53.7 Å². The van der Waals surface area contributed by atoms with E-state index in [1.54, 1.807) is 25.2 Å². The third-order valence-electron chi connectivity index (χ3n) is 3.55. The molecule has 0 radical (unpaired) electrons. The van der Waals surface area contributed by atoms with Gasteiger partial charge in [-0.3, -0.25) is 4.79 Å². The number of rotatable bonds is 4. The van der Waals surface area contributed by atoms with Crippen LogP contribution in [0.5, 0.6) is 17.2 Å². The lowest BCUT2D eigenvalue weighted by atomic mass is 10.0. The van der Waals surface area contributed by atoms with Gasteiger partial charge in [0.2, 0.25) is 5.91 Å². The van der Waals surface area contributed by atoms with Gasteiger partial charge in [-0.2, -0.15) is 0 Å². The van der Waals surface area contributed by atoms with Crippen molar-refractivity contribution in [2.75, 3.05) is 7.05 Å². The number of aryl methyl sites for hydroxylation is 3. The van der Waals surface area contributed by atoms with Crippen molar-refractivity contribution in [3.8, 4) is 17.2 Å². The van der Waals surface area contributed by atoms with Gasteiger partial charge in [0, 0.05) is 7.05 Å². The molecule has 0 heterocycles. The first-order valence-corrected chi connectivity index (χ1v) is 10.2. The Morgan fingerprint density at radius 1 is 0.893 bits per heavy atom. The second-order valence-corrected chi connectivity index (χ2v) is 5.46. The Kier molecular flexibility index (Phi) is 15.4. The number of carbonyl (C=O) groups is 1. The van der Waals surface area contributed by atoms with E-state index in [4.69, 9.17) is 4.74 Å². The van der Waals surface area contributed by atoms with Gasteiger partial charge in [0.25, 0.3) is 0 Å². The lowest BCUT2D eigenvalue weighted by Crippen LogP contribution is -2.20. The molecule has 0 aliphatic carbocycles. The zero-order valence-corrected chi connectivity index (χ0v) is 19.4. The fraction of sp³-hybridized carbons (Fsp3) is 0.458. The monoisotopic (exact) mass is 389 g/mol. The molecular weight excluding hydrogens is 350 g/mol. The van der Waals surface area contributed by atoms with E-state index in [9.17, 15) is 9.90 Å². The molecule has 0 aromatic heterocycles. The Balaban J connectivity index is 0. The third kappa shape index (κ3) is 8.94. The van der Waals surface area contributed by atoms with Gasteiger partial charge in [-0.05, 0) is 61.2 Å². The number of benzene rings is 2. The molecule has 0 bridgehead atoms. The van der Waals surface area contributed by atoms with Crippen LogP contribution in [0.2, 0.25) is 0 Å². The number of nitrogens with one attached hydrogen (secondary N) is 1. The van der Waals surface area contributed by atoms with Crippen molar-refractivity contribution < 1.29 is 14.6 Å². The maximum atomic E-state index is 11.5. The number of hydrogen-bond acceptors (Lipinski definition) is 3. The Bertz CT molecular complexity index is 686. The van der Waals surface area contributed by atoms with Crippen molar-refractivity contribution >= 4 is 5.91 Å². The first kappa shape index (κ1) is 27.7. The molecule has 0 fully saturated rings. The maximum Gasteiger partial charge on any atom is 0.224 e. The van der Waals surface area contributed by atoms with Crippen LogP contribution in [-0.4, -0.2) is 18.1 Å². The molecular formula is C24H39NO3. The molecule has 1 amide bonds. The molecule has 0 saturated carbocycles. The van der Waals surface area contributed by atoms with E-state index in [-0.39, 0.29) is 11.7 Å². The summed E-state index contributed by atoms with van der Waals surface area (Å²) >= 11 is 0. The summed E-state index contributed by atoms with van der Waals surface area (Å²) in [6.45, 7) is 17.8. The van der Waals surface area contributed by atoms with Crippen LogP contribution in [-0.2, 0) is 11.2 Å². The number of carbonyl (C=O) groups excluding carboxylic acids is 1. The van der Waals surface area contributed by atoms with Crippen LogP contribution < -0.4 is 10.1 Å². The molecule has 158 valence electrons. The standard InChI is InChI=1S/C18H21NO3.3C2H6/c1-11-9-15(5-6-16(11)20)22-18-12(2)7-14(8-13(18)3)10-17(21)19-4;3*1-2/h5-9,20H,10H2,1-4H3,(H,19,21);3*1-2H3. The topological polar surface area (TPSA) is 58.6 Å². The van der Waals surface area contributed by atoms with E-state index in [1.165, 1.54) is 0 Å². The van der Waals surface area contributed by atoms with E-state index in [2.05, 4.69) is 5.32 Å². The average Bonchev–Trinajstić information content (AvgIpc) is 2.72. The SMILES string of the molecule is CC.CC.CC.CNC(=O)Cc1cc(C)c(Oc2ccc(O)c(C)c2)c(C)c1. The minimum absolute atomic E-state index is 0.0124. The van der Waals surface area contributed by atoms with Crippen LogP contribution >= 0.6 is 0 Å². The van der Waals surface area contributed by atoms with E-state index in [0.29, 0.717) is 12.2 Å². The summed E-state index contributed by atoms with van der Waals surface area (Å²) < 4.78 is 5.95. The number of aromatic hydroxyl groups is 1. The van der Waals surface area contributed by atoms with Gasteiger partial charge in [-0.15, -0.1) is 0 Å². The Labute approximate surface area is 172 Å². The van der Waals surface area contributed by atoms with Gasteiger partial charge in [0.1, 0.15) is 17.2 Å². The van der Waals surface area contributed by atoms with Crippen molar-refractivity contribution in [1.29, 1.82) is 0 Å². The highest BCUT2D eigenvalue weighted by Gasteiger charge is 2.10. The van der Waals surface area contributed by atoms with Crippen LogP contribution in [0.1, 0.15) is 63.8 Å². The van der Waals surface area contributed by atoms with Crippen molar-refractivity contribution in [2.45, 2.75) is 68.7 Å². The number of likely N-dealkylation sites (N-methyl/N-ethyl adjacent to an activating group) is 1. The normalized spacial score (nSPS) is 8.79. The molecule has 28 heavy (non-hydrogen) atoms. The first-order valence-electron chi connectivity index (χ1n) is 10.2. The summed E-state index contributed by atoms with van der Waals surface area (Å²) in [5.74, 6) is 1.70. The molecule has 2 rings (SSSR count). The summed E-state index contributed by atoms with van der Waals surface area (Å²) in [5, 5.41) is 12.2. The number of ether oxygens (including phenoxy) is 1. The molecule has 0 unspecified atom stereocenters. The van der Waals surface area contributed by atoms with E-state index in [1.807, 2.05) is 74.4 Å². The fourth-order valence-electron chi connectivity index (χ4n) is 2.39. The van der Waals surface area contributed by atoms with Gasteiger partial charge < -0.3 is 15.2 Å². The first-order chi connectivity index (χ1) is 13.4. The number of amides is 1. The molecule has 0 atom stereocenters. The number of phenols is 1. The van der Waals surface area contributed by atoms with Crippen LogP contribution in [0.15, 0.2) is 30.3 Å². The quantitative estimate of drug-likeness (QED) is 0.629. The molecule has 4 heteroatoms. The highest BCUT2D eigenvalue weighted by atomic mass is 16.5. The number of hydrogen-bond donors (Lipinski definition) is 2. The zero-order valence-electron chi connectivity index (χ0n) is 19.4. The van der Waals surface area contributed by atoms with Crippen molar-refractivity contribution in [3.05, 3.63) is 52.6 Å². The molecule has 0 aliphatic rings. The van der Waals surface area contributed by atoms with Crippen molar-refractivity contribution in [3.63, 3.8) is 0 Å². The van der Waals surface area contributed by atoms with Crippen LogP contribution in [0.25, 0.3) is 0 Å². The molecule has 2 aromatic carbocycles. The Morgan fingerprint density at radius 3 is 1.82 bits per heavy atom. The van der Waals surface area contributed by atoms with Crippen molar-refractivity contribution in [1.82, 2.24) is 5.32 Å². The Morgan fingerprint density at radius 2 is 1.39 bits per heavy atom. The minimum Gasteiger partial charge on any atom is -0.508 e. The molecule has 2 aromatic rings. The summed E-state index contributed by atoms with van der Waals surface area (Å²) in [6, 6.07) is 9.08. The lowest BCUT2D eigenvalue weighted by molar-refractivity contribution is -0.119. The zero-order chi connectivity index (χ0) is 22.3. The summed E-state index contributed by atoms with van der Waals surface area (Å²) in [6.07, 6.45) is 0.358. The highest BCUT2D eigenvalue weighted by Crippen LogP contribution is 2.32. The largest absolute Gasteiger partial charge is 0.508 e. The average molecular weight is 390 g/mol. The highest BCUT2D eigenvalue weighted by molar-refractivity contribution is 5.78. The second kappa shape index (κ2) is 15.6. The Hall–Kier alpha value is -2.49. The van der Waals surface area contributed by atoms with Crippen LogP contribution in [0.4, 0.5) is 0 Å². The smallest absolute Gasteiger partial charge is 0.224 e. The third-order valence-corrected chi connectivity index (χ3v) is 3.55.